The first-order valence-electron chi connectivity index (χ1n) is 8.50. The van der Waals surface area contributed by atoms with Crippen LogP contribution in [0.1, 0.15) is 0 Å². The minimum Gasteiger partial charge on any atom is -0.416 e. The third-order valence-electron chi connectivity index (χ3n) is 3.90. The maximum atomic E-state index is 13.2. The number of nitrogens with one attached hydrogen (secondary N) is 2. The molecule has 0 radical (unpaired) electrons. The molecule has 0 bridgehead atoms. The highest BCUT2D eigenvalue weighted by Crippen LogP contribution is 2.25. The van der Waals surface area contributed by atoms with Crippen molar-refractivity contribution in [3.63, 3.8) is 0 Å². The largest absolute Gasteiger partial charge is 0.416 e. The standard InChI is InChI=1S/C21H15FN4O2/c22-16-9-5-11-18(13-16)24-21(27)23-17-10-4-8-15(12-17)20-26-25-19(28-20)14-6-2-1-3-7-14/h1-13H,(H2,23,24,27). The van der Waals surface area contributed by atoms with Gasteiger partial charge in [-0.05, 0) is 48.5 Å². The molecule has 4 rings (SSSR count). The van der Waals surface area contributed by atoms with Crippen molar-refractivity contribution in [3.8, 4) is 22.9 Å². The van der Waals surface area contributed by atoms with E-state index < -0.39 is 11.8 Å². The number of benzene rings is 3. The van der Waals surface area contributed by atoms with Crippen LogP contribution < -0.4 is 10.6 Å². The van der Waals surface area contributed by atoms with Crippen molar-refractivity contribution >= 4 is 17.4 Å². The molecule has 0 fully saturated rings. The molecular formula is C21H15FN4O2. The Bertz CT molecular complexity index is 1110. The number of halogens is 1. The molecule has 2 amide bonds. The first-order valence-corrected chi connectivity index (χ1v) is 8.50. The van der Waals surface area contributed by atoms with Crippen LogP contribution in [0.25, 0.3) is 22.9 Å². The number of urea groups is 1. The second-order valence-electron chi connectivity index (χ2n) is 5.95. The molecule has 28 heavy (non-hydrogen) atoms. The number of anilines is 2. The fourth-order valence-electron chi connectivity index (χ4n) is 2.63. The lowest BCUT2D eigenvalue weighted by Crippen LogP contribution is -2.19. The number of hydrogen-bond donors (Lipinski definition) is 2. The minimum atomic E-state index is -0.488. The quantitative estimate of drug-likeness (QED) is 0.515. The van der Waals surface area contributed by atoms with E-state index in [4.69, 9.17) is 4.42 Å². The van der Waals surface area contributed by atoms with Crippen LogP contribution in [0.5, 0.6) is 0 Å². The number of carbonyl (C=O) groups excluding carboxylic acids is 1. The Kier molecular flexibility index (Phi) is 4.79. The Morgan fingerprint density at radius 2 is 1.36 bits per heavy atom. The van der Waals surface area contributed by atoms with Gasteiger partial charge >= 0.3 is 6.03 Å². The van der Waals surface area contributed by atoms with E-state index in [1.54, 1.807) is 30.3 Å². The van der Waals surface area contributed by atoms with Crippen LogP contribution in [0.4, 0.5) is 20.6 Å². The molecule has 138 valence electrons. The van der Waals surface area contributed by atoms with E-state index in [-0.39, 0.29) is 0 Å². The zero-order valence-corrected chi connectivity index (χ0v) is 14.6. The zero-order valence-electron chi connectivity index (χ0n) is 14.6. The van der Waals surface area contributed by atoms with Crippen LogP contribution >= 0.6 is 0 Å². The van der Waals surface area contributed by atoms with Gasteiger partial charge < -0.3 is 15.1 Å². The molecule has 0 spiro atoms. The highest BCUT2D eigenvalue weighted by Gasteiger charge is 2.11. The number of rotatable bonds is 4. The number of nitrogens with zero attached hydrogens (tertiary/aromatic N) is 2. The SMILES string of the molecule is O=C(Nc1cccc(F)c1)Nc1cccc(-c2nnc(-c3ccccc3)o2)c1. The van der Waals surface area contributed by atoms with E-state index in [1.807, 2.05) is 30.3 Å². The first kappa shape index (κ1) is 17.4. The monoisotopic (exact) mass is 374 g/mol. The van der Waals surface area contributed by atoms with Gasteiger partial charge in [0.25, 0.3) is 0 Å². The normalized spacial score (nSPS) is 10.5. The summed E-state index contributed by atoms with van der Waals surface area (Å²) in [5.41, 5.74) is 2.38. The van der Waals surface area contributed by atoms with Gasteiger partial charge in [0.15, 0.2) is 0 Å². The molecule has 0 aliphatic carbocycles. The molecule has 2 N–H and O–H groups in total. The van der Waals surface area contributed by atoms with Gasteiger partial charge in [-0.25, -0.2) is 9.18 Å². The number of carbonyl (C=O) groups is 1. The van der Waals surface area contributed by atoms with Gasteiger partial charge in [-0.2, -0.15) is 0 Å². The Balaban J connectivity index is 1.49. The lowest BCUT2D eigenvalue weighted by atomic mass is 10.2. The van der Waals surface area contributed by atoms with E-state index in [9.17, 15) is 9.18 Å². The van der Waals surface area contributed by atoms with Gasteiger partial charge in [-0.1, -0.05) is 30.3 Å². The second-order valence-corrected chi connectivity index (χ2v) is 5.95. The lowest BCUT2D eigenvalue weighted by Gasteiger charge is -2.08. The molecule has 1 aromatic heterocycles. The Morgan fingerprint density at radius 3 is 2.07 bits per heavy atom. The molecule has 4 aromatic rings. The zero-order chi connectivity index (χ0) is 19.3. The summed E-state index contributed by atoms with van der Waals surface area (Å²) in [7, 11) is 0. The average molecular weight is 374 g/mol. The van der Waals surface area contributed by atoms with Crippen molar-refractivity contribution in [3.05, 3.63) is 84.7 Å². The topological polar surface area (TPSA) is 80.0 Å². The summed E-state index contributed by atoms with van der Waals surface area (Å²) in [5.74, 6) is 0.330. The molecule has 0 atom stereocenters. The molecule has 7 heteroatoms. The van der Waals surface area contributed by atoms with Gasteiger partial charge in [0.2, 0.25) is 11.8 Å². The fraction of sp³-hybridized carbons (Fsp3) is 0. The predicted molar refractivity (Wildman–Crippen MR) is 104 cm³/mol. The van der Waals surface area contributed by atoms with E-state index in [1.165, 1.54) is 18.2 Å². The van der Waals surface area contributed by atoms with Crippen molar-refractivity contribution in [2.75, 3.05) is 10.6 Å². The summed E-state index contributed by atoms with van der Waals surface area (Å²) in [4.78, 5) is 12.1. The predicted octanol–water partition coefficient (Wildman–Crippen LogP) is 5.19. The molecule has 6 nitrogen and oxygen atoms in total. The van der Waals surface area contributed by atoms with E-state index in [0.717, 1.165) is 5.56 Å². The molecular weight excluding hydrogens is 359 g/mol. The van der Waals surface area contributed by atoms with E-state index in [2.05, 4.69) is 20.8 Å². The van der Waals surface area contributed by atoms with Crippen molar-refractivity contribution in [1.82, 2.24) is 10.2 Å². The molecule has 0 saturated carbocycles. The minimum absolute atomic E-state index is 0.341. The Morgan fingerprint density at radius 1 is 0.750 bits per heavy atom. The number of hydrogen-bond acceptors (Lipinski definition) is 4. The summed E-state index contributed by atoms with van der Waals surface area (Å²) < 4.78 is 18.9. The lowest BCUT2D eigenvalue weighted by molar-refractivity contribution is 0.262. The maximum Gasteiger partial charge on any atom is 0.323 e. The van der Waals surface area contributed by atoms with Crippen LogP contribution in [0.3, 0.4) is 0 Å². The third kappa shape index (κ3) is 4.04. The van der Waals surface area contributed by atoms with Crippen molar-refractivity contribution in [2.24, 2.45) is 0 Å². The molecule has 0 unspecified atom stereocenters. The fourth-order valence-corrected chi connectivity index (χ4v) is 2.63. The average Bonchev–Trinajstić information content (AvgIpc) is 3.19. The molecule has 3 aromatic carbocycles. The number of aromatic nitrogens is 2. The Labute approximate surface area is 160 Å². The van der Waals surface area contributed by atoms with Gasteiger partial charge in [0.05, 0.1) is 0 Å². The van der Waals surface area contributed by atoms with Crippen molar-refractivity contribution in [2.45, 2.75) is 0 Å². The van der Waals surface area contributed by atoms with Crippen molar-refractivity contribution < 1.29 is 13.6 Å². The van der Waals surface area contributed by atoms with E-state index in [0.29, 0.717) is 28.7 Å². The smallest absolute Gasteiger partial charge is 0.323 e. The Hall–Kier alpha value is -4.00. The highest BCUT2D eigenvalue weighted by atomic mass is 19.1. The van der Waals surface area contributed by atoms with Crippen LogP contribution in [-0.2, 0) is 0 Å². The summed E-state index contributed by atoms with van der Waals surface area (Å²) >= 11 is 0. The third-order valence-corrected chi connectivity index (χ3v) is 3.90. The van der Waals surface area contributed by atoms with Crippen LogP contribution in [0.15, 0.2) is 83.3 Å². The summed E-state index contributed by atoms with van der Waals surface area (Å²) in [6.45, 7) is 0. The summed E-state index contributed by atoms with van der Waals surface area (Å²) in [5, 5.41) is 13.4. The highest BCUT2D eigenvalue weighted by molar-refractivity contribution is 6.00. The second kappa shape index (κ2) is 7.71. The molecule has 0 aliphatic heterocycles. The maximum absolute atomic E-state index is 13.2. The molecule has 1 heterocycles. The molecule has 0 saturated heterocycles. The van der Waals surface area contributed by atoms with Gasteiger partial charge in [0.1, 0.15) is 5.82 Å². The van der Waals surface area contributed by atoms with Crippen molar-refractivity contribution in [1.29, 1.82) is 0 Å². The first-order chi connectivity index (χ1) is 13.7. The summed E-state index contributed by atoms with van der Waals surface area (Å²) in [6, 6.07) is 21.6. The molecule has 0 aliphatic rings. The number of amides is 2. The van der Waals surface area contributed by atoms with Crippen LogP contribution in [0, 0.1) is 5.82 Å². The van der Waals surface area contributed by atoms with E-state index >= 15 is 0 Å². The van der Waals surface area contributed by atoms with Gasteiger partial charge in [-0.3, -0.25) is 0 Å². The summed E-state index contributed by atoms with van der Waals surface area (Å²) in [6.07, 6.45) is 0. The van der Waals surface area contributed by atoms with Gasteiger partial charge in [-0.15, -0.1) is 10.2 Å². The van der Waals surface area contributed by atoms with Crippen LogP contribution in [-0.4, -0.2) is 16.2 Å². The van der Waals surface area contributed by atoms with Gasteiger partial charge in [0, 0.05) is 22.5 Å². The van der Waals surface area contributed by atoms with Crippen LogP contribution in [0.2, 0.25) is 0 Å².